The van der Waals surface area contributed by atoms with Gasteiger partial charge in [0.15, 0.2) is 0 Å². The Labute approximate surface area is 92.5 Å². The lowest BCUT2D eigenvalue weighted by Gasteiger charge is -2.32. The molecule has 0 aromatic heterocycles. The lowest BCUT2D eigenvalue weighted by molar-refractivity contribution is -0.175. The van der Waals surface area contributed by atoms with E-state index in [-0.39, 0.29) is 12.7 Å². The van der Waals surface area contributed by atoms with Crippen molar-refractivity contribution in [1.29, 1.82) is 0 Å². The van der Waals surface area contributed by atoms with E-state index in [9.17, 15) is 13.2 Å². The number of rotatable bonds is 5. The highest BCUT2D eigenvalue weighted by Crippen LogP contribution is 2.14. The van der Waals surface area contributed by atoms with E-state index >= 15 is 0 Å². The van der Waals surface area contributed by atoms with E-state index < -0.39 is 12.8 Å². The summed E-state index contributed by atoms with van der Waals surface area (Å²) in [5.74, 6) is 0. The number of nitrogens with two attached hydrogens (primary N) is 1. The molecule has 0 saturated carbocycles. The first-order valence-corrected chi connectivity index (χ1v) is 5.20. The minimum absolute atomic E-state index is 0.0173. The molecule has 2 N–H and O–H groups in total. The first kappa shape index (κ1) is 13.7. The minimum Gasteiger partial charge on any atom is -0.374 e. The fourth-order valence-corrected chi connectivity index (χ4v) is 1.51. The van der Waals surface area contributed by atoms with Gasteiger partial charge in [-0.25, -0.2) is 0 Å². The maximum atomic E-state index is 11.8. The quantitative estimate of drug-likeness (QED) is 0.701. The molecule has 0 radical (unpaired) electrons. The molecule has 0 amide bonds. The summed E-state index contributed by atoms with van der Waals surface area (Å²) in [6.07, 6.45) is -4.26. The van der Waals surface area contributed by atoms with E-state index in [1.807, 2.05) is 4.90 Å². The standard InChI is InChI=1S/C9H17F3N2O2/c10-9(11,12)7-15-3-1-14-2-4-16-8(5-13)6-14/h8H,1-7,13H2. The number of halogens is 3. The predicted molar refractivity (Wildman–Crippen MR) is 52.1 cm³/mol. The largest absolute Gasteiger partial charge is 0.411 e. The Morgan fingerprint density at radius 1 is 1.44 bits per heavy atom. The second-order valence-corrected chi connectivity index (χ2v) is 3.70. The van der Waals surface area contributed by atoms with Gasteiger partial charge in [-0.3, -0.25) is 4.90 Å². The molecular weight excluding hydrogens is 225 g/mol. The molecule has 16 heavy (non-hydrogen) atoms. The molecule has 7 heteroatoms. The normalized spacial score (nSPS) is 23.6. The van der Waals surface area contributed by atoms with E-state index in [0.717, 1.165) is 0 Å². The van der Waals surface area contributed by atoms with E-state index in [0.29, 0.717) is 32.8 Å². The summed E-state index contributed by atoms with van der Waals surface area (Å²) in [7, 11) is 0. The molecule has 96 valence electrons. The Balaban J connectivity index is 2.08. The zero-order chi connectivity index (χ0) is 12.0. The van der Waals surface area contributed by atoms with E-state index in [1.165, 1.54) is 0 Å². The van der Waals surface area contributed by atoms with Gasteiger partial charge in [0, 0.05) is 26.2 Å². The molecule has 1 saturated heterocycles. The number of morpholine rings is 1. The number of ether oxygens (including phenoxy) is 2. The molecule has 0 spiro atoms. The van der Waals surface area contributed by atoms with Gasteiger partial charge in [-0.2, -0.15) is 13.2 Å². The van der Waals surface area contributed by atoms with Crippen LogP contribution in [0, 0.1) is 0 Å². The summed E-state index contributed by atoms with van der Waals surface area (Å²) in [4.78, 5) is 2.00. The van der Waals surface area contributed by atoms with Gasteiger partial charge < -0.3 is 15.2 Å². The summed E-state index contributed by atoms with van der Waals surface area (Å²) in [5, 5.41) is 0. The molecule has 0 bridgehead atoms. The van der Waals surface area contributed by atoms with Crippen molar-refractivity contribution >= 4 is 0 Å². The summed E-state index contributed by atoms with van der Waals surface area (Å²) in [6.45, 7) is 1.75. The molecule has 0 aromatic rings. The van der Waals surface area contributed by atoms with Crippen molar-refractivity contribution in [3.8, 4) is 0 Å². The van der Waals surface area contributed by atoms with Gasteiger partial charge >= 0.3 is 6.18 Å². The van der Waals surface area contributed by atoms with Gasteiger partial charge in [0.1, 0.15) is 6.61 Å². The van der Waals surface area contributed by atoms with Crippen LogP contribution in [0.25, 0.3) is 0 Å². The van der Waals surface area contributed by atoms with Gasteiger partial charge in [-0.15, -0.1) is 0 Å². The fraction of sp³-hybridized carbons (Fsp3) is 1.00. The summed E-state index contributed by atoms with van der Waals surface area (Å²) in [5.41, 5.74) is 5.45. The second-order valence-electron chi connectivity index (χ2n) is 3.70. The van der Waals surface area contributed by atoms with Crippen LogP contribution in [0.15, 0.2) is 0 Å². The van der Waals surface area contributed by atoms with Gasteiger partial charge in [-0.05, 0) is 0 Å². The molecule has 1 heterocycles. The average molecular weight is 242 g/mol. The van der Waals surface area contributed by atoms with E-state index in [1.54, 1.807) is 0 Å². The van der Waals surface area contributed by atoms with Crippen LogP contribution in [0.1, 0.15) is 0 Å². The topological polar surface area (TPSA) is 47.7 Å². The first-order valence-electron chi connectivity index (χ1n) is 5.20. The van der Waals surface area contributed by atoms with Crippen molar-refractivity contribution in [2.24, 2.45) is 5.73 Å². The number of hydrogen-bond acceptors (Lipinski definition) is 4. The third-order valence-corrected chi connectivity index (χ3v) is 2.30. The van der Waals surface area contributed by atoms with Gasteiger partial charge in [0.05, 0.1) is 19.3 Å². The van der Waals surface area contributed by atoms with Crippen LogP contribution >= 0.6 is 0 Å². The predicted octanol–water partition coefficient (Wildman–Crippen LogP) is 0.225. The number of nitrogens with zero attached hydrogens (tertiary/aromatic N) is 1. The Morgan fingerprint density at radius 3 is 2.81 bits per heavy atom. The second kappa shape index (κ2) is 6.39. The number of hydrogen-bond donors (Lipinski definition) is 1. The fourth-order valence-electron chi connectivity index (χ4n) is 1.51. The number of alkyl halides is 3. The molecule has 1 rings (SSSR count). The molecule has 1 atom stereocenters. The van der Waals surface area contributed by atoms with Crippen molar-refractivity contribution in [3.63, 3.8) is 0 Å². The monoisotopic (exact) mass is 242 g/mol. The molecule has 1 aliphatic heterocycles. The smallest absolute Gasteiger partial charge is 0.374 e. The summed E-state index contributed by atoms with van der Waals surface area (Å²) in [6, 6.07) is 0. The van der Waals surface area contributed by atoms with Gasteiger partial charge in [0.2, 0.25) is 0 Å². The van der Waals surface area contributed by atoms with Crippen LogP contribution < -0.4 is 5.73 Å². The molecular formula is C9H17F3N2O2. The third-order valence-electron chi connectivity index (χ3n) is 2.30. The van der Waals surface area contributed by atoms with Crippen LogP contribution in [-0.2, 0) is 9.47 Å². The zero-order valence-corrected chi connectivity index (χ0v) is 9.00. The molecule has 1 aliphatic rings. The SMILES string of the molecule is NCC1CN(CCOCC(F)(F)F)CCO1. The Kier molecular flexibility index (Phi) is 5.47. The maximum absolute atomic E-state index is 11.8. The van der Waals surface area contributed by atoms with Crippen molar-refractivity contribution < 1.29 is 22.6 Å². The summed E-state index contributed by atoms with van der Waals surface area (Å²) < 4.78 is 45.1. The van der Waals surface area contributed by atoms with Gasteiger partial charge in [0.25, 0.3) is 0 Å². The van der Waals surface area contributed by atoms with Crippen molar-refractivity contribution in [1.82, 2.24) is 4.90 Å². The highest BCUT2D eigenvalue weighted by atomic mass is 19.4. The van der Waals surface area contributed by atoms with Crippen LogP contribution in [0.2, 0.25) is 0 Å². The molecule has 4 nitrogen and oxygen atoms in total. The van der Waals surface area contributed by atoms with E-state index in [2.05, 4.69) is 4.74 Å². The van der Waals surface area contributed by atoms with Crippen LogP contribution in [0.5, 0.6) is 0 Å². The Morgan fingerprint density at radius 2 is 2.19 bits per heavy atom. The molecule has 0 aliphatic carbocycles. The molecule has 0 aromatic carbocycles. The van der Waals surface area contributed by atoms with Crippen LogP contribution in [-0.4, -0.2) is 63.2 Å². The molecule has 1 unspecified atom stereocenters. The Bertz CT molecular complexity index is 202. The summed E-state index contributed by atoms with van der Waals surface area (Å²) >= 11 is 0. The zero-order valence-electron chi connectivity index (χ0n) is 9.00. The van der Waals surface area contributed by atoms with Crippen molar-refractivity contribution in [2.75, 3.05) is 46.0 Å². The minimum atomic E-state index is -4.25. The first-order chi connectivity index (χ1) is 7.51. The van der Waals surface area contributed by atoms with Gasteiger partial charge in [-0.1, -0.05) is 0 Å². The van der Waals surface area contributed by atoms with Crippen LogP contribution in [0.4, 0.5) is 13.2 Å². The Hall–Kier alpha value is -0.370. The lowest BCUT2D eigenvalue weighted by Crippen LogP contribution is -2.46. The van der Waals surface area contributed by atoms with Crippen molar-refractivity contribution in [3.05, 3.63) is 0 Å². The average Bonchev–Trinajstić information content (AvgIpc) is 2.23. The highest BCUT2D eigenvalue weighted by Gasteiger charge is 2.27. The van der Waals surface area contributed by atoms with Crippen molar-refractivity contribution in [2.45, 2.75) is 12.3 Å². The van der Waals surface area contributed by atoms with Crippen LogP contribution in [0.3, 0.4) is 0 Å². The third kappa shape index (κ3) is 5.64. The van der Waals surface area contributed by atoms with E-state index in [4.69, 9.17) is 10.5 Å². The highest BCUT2D eigenvalue weighted by molar-refractivity contribution is 4.71. The molecule has 1 fully saturated rings. The maximum Gasteiger partial charge on any atom is 0.411 e. The lowest BCUT2D eigenvalue weighted by atomic mass is 10.3.